The summed E-state index contributed by atoms with van der Waals surface area (Å²) in [7, 11) is 0. The second-order valence-electron chi connectivity index (χ2n) is 4.92. The van der Waals surface area contributed by atoms with E-state index in [1.807, 2.05) is 0 Å². The van der Waals surface area contributed by atoms with Gasteiger partial charge in [-0.2, -0.15) is 0 Å². The van der Waals surface area contributed by atoms with Crippen LogP contribution in [0, 0.1) is 0 Å². The summed E-state index contributed by atoms with van der Waals surface area (Å²) in [6.45, 7) is 5.05. The van der Waals surface area contributed by atoms with Gasteiger partial charge in [-0.15, -0.1) is 0 Å². The van der Waals surface area contributed by atoms with Gasteiger partial charge in [-0.1, -0.05) is 59.0 Å². The van der Waals surface area contributed by atoms with Crippen LogP contribution >= 0.6 is 45.2 Å². The third kappa shape index (κ3) is 13.8. The molecule has 0 rings (SSSR count). The van der Waals surface area contributed by atoms with Gasteiger partial charge in [0.15, 0.2) is 0 Å². The molecule has 2 atom stereocenters. The molecular weight excluding hydrogens is 498 g/mol. The van der Waals surface area contributed by atoms with Gasteiger partial charge in [-0.3, -0.25) is 9.59 Å². The van der Waals surface area contributed by atoms with E-state index < -0.39 is 0 Å². The van der Waals surface area contributed by atoms with E-state index in [4.69, 9.17) is 9.47 Å². The molecule has 6 heteroatoms. The van der Waals surface area contributed by atoms with Gasteiger partial charge in [0, 0.05) is 7.85 Å². The smallest absolute Gasteiger partial charge is 0.306 e. The zero-order valence-corrected chi connectivity index (χ0v) is 17.2. The van der Waals surface area contributed by atoms with E-state index >= 15 is 0 Å². The number of ether oxygens (including phenoxy) is 2. The normalized spacial score (nSPS) is 13.5. The first-order valence-electron chi connectivity index (χ1n) is 7.58. The molecule has 0 heterocycles. The molecule has 0 aromatic carbocycles. The van der Waals surface area contributed by atoms with E-state index in [0.717, 1.165) is 32.1 Å². The van der Waals surface area contributed by atoms with Crippen molar-refractivity contribution < 1.29 is 19.1 Å². The van der Waals surface area contributed by atoms with Crippen LogP contribution in [0.25, 0.3) is 0 Å². The highest BCUT2D eigenvalue weighted by atomic mass is 127. The minimum atomic E-state index is -0.115. The van der Waals surface area contributed by atoms with Crippen molar-refractivity contribution in [1.82, 2.24) is 0 Å². The van der Waals surface area contributed by atoms with Gasteiger partial charge in [-0.05, 0) is 32.1 Å². The standard InChI is InChI=1S/C15H26I2O4/c1-3-12(16)10-14(18)20-8-6-5-7-9-21-15(19)11-13(17)4-2/h12-13H,3-11H2,1-2H3. The monoisotopic (exact) mass is 524 g/mol. The number of alkyl halides is 2. The van der Waals surface area contributed by atoms with Crippen LogP contribution in [0.2, 0.25) is 0 Å². The maximum absolute atomic E-state index is 11.4. The molecule has 21 heavy (non-hydrogen) atoms. The van der Waals surface area contributed by atoms with Crippen molar-refractivity contribution in [2.75, 3.05) is 13.2 Å². The predicted molar refractivity (Wildman–Crippen MR) is 101 cm³/mol. The lowest BCUT2D eigenvalue weighted by atomic mass is 10.2. The first-order valence-corrected chi connectivity index (χ1v) is 10.1. The molecule has 2 unspecified atom stereocenters. The SMILES string of the molecule is CCC(I)CC(=O)OCCCCCOC(=O)CC(I)CC. The van der Waals surface area contributed by atoms with Gasteiger partial charge in [0.1, 0.15) is 0 Å². The quantitative estimate of drug-likeness (QED) is 0.164. The molecule has 0 aliphatic heterocycles. The highest BCUT2D eigenvalue weighted by Crippen LogP contribution is 2.12. The van der Waals surface area contributed by atoms with Gasteiger partial charge >= 0.3 is 11.9 Å². The van der Waals surface area contributed by atoms with Gasteiger partial charge in [0.2, 0.25) is 0 Å². The Morgan fingerprint density at radius 2 is 1.19 bits per heavy atom. The van der Waals surface area contributed by atoms with Crippen molar-refractivity contribution in [2.45, 2.75) is 66.6 Å². The van der Waals surface area contributed by atoms with E-state index in [1.165, 1.54) is 0 Å². The van der Waals surface area contributed by atoms with E-state index in [2.05, 4.69) is 59.0 Å². The Bertz CT molecular complexity index is 269. The fourth-order valence-electron chi connectivity index (χ4n) is 1.52. The number of halogens is 2. The fourth-order valence-corrected chi connectivity index (χ4v) is 2.24. The number of carbonyl (C=O) groups is 2. The first kappa shape index (κ1) is 21.4. The molecular formula is C15H26I2O4. The summed E-state index contributed by atoms with van der Waals surface area (Å²) < 4.78 is 11.0. The summed E-state index contributed by atoms with van der Waals surface area (Å²) in [5.74, 6) is -0.231. The Morgan fingerprint density at radius 3 is 1.52 bits per heavy atom. The van der Waals surface area contributed by atoms with Crippen molar-refractivity contribution in [3.8, 4) is 0 Å². The fraction of sp³-hybridized carbons (Fsp3) is 0.867. The summed E-state index contributed by atoms with van der Waals surface area (Å²) >= 11 is 4.53. The second kappa shape index (κ2) is 14.0. The van der Waals surface area contributed by atoms with Crippen LogP contribution < -0.4 is 0 Å². The lowest BCUT2D eigenvalue weighted by molar-refractivity contribution is -0.143. The molecule has 4 nitrogen and oxygen atoms in total. The molecule has 0 N–H and O–H groups in total. The van der Waals surface area contributed by atoms with Crippen molar-refractivity contribution in [1.29, 1.82) is 0 Å². The molecule has 0 spiro atoms. The Morgan fingerprint density at radius 1 is 0.810 bits per heavy atom. The third-order valence-electron chi connectivity index (χ3n) is 2.98. The molecule has 124 valence electrons. The summed E-state index contributed by atoms with van der Waals surface area (Å²) in [6, 6.07) is 0. The van der Waals surface area contributed by atoms with Gasteiger partial charge in [-0.25, -0.2) is 0 Å². The Kier molecular flexibility index (Phi) is 14.3. The van der Waals surface area contributed by atoms with Crippen LogP contribution in [-0.4, -0.2) is 33.0 Å². The molecule has 0 aromatic heterocycles. The van der Waals surface area contributed by atoms with Gasteiger partial charge < -0.3 is 9.47 Å². The van der Waals surface area contributed by atoms with Crippen LogP contribution in [0.3, 0.4) is 0 Å². The highest BCUT2D eigenvalue weighted by Gasteiger charge is 2.10. The number of hydrogen-bond donors (Lipinski definition) is 0. The Labute approximate surface area is 155 Å². The average molecular weight is 524 g/mol. The molecule has 0 amide bonds. The Hall–Kier alpha value is 0.400. The van der Waals surface area contributed by atoms with Gasteiger partial charge in [0.05, 0.1) is 26.1 Å². The van der Waals surface area contributed by atoms with Crippen LogP contribution in [0.4, 0.5) is 0 Å². The van der Waals surface area contributed by atoms with E-state index in [0.29, 0.717) is 33.9 Å². The molecule has 0 aromatic rings. The summed E-state index contributed by atoms with van der Waals surface area (Å²) in [5, 5.41) is 0. The van der Waals surface area contributed by atoms with E-state index in [-0.39, 0.29) is 11.9 Å². The molecule has 0 fully saturated rings. The average Bonchev–Trinajstić information content (AvgIpc) is 2.45. The van der Waals surface area contributed by atoms with Crippen molar-refractivity contribution in [2.24, 2.45) is 0 Å². The minimum absolute atomic E-state index is 0.115. The first-order chi connectivity index (χ1) is 9.99. The largest absolute Gasteiger partial charge is 0.466 e. The maximum Gasteiger partial charge on any atom is 0.306 e. The molecule has 0 saturated heterocycles. The van der Waals surface area contributed by atoms with Crippen LogP contribution in [0.15, 0.2) is 0 Å². The summed E-state index contributed by atoms with van der Waals surface area (Å²) in [5.41, 5.74) is 0. The highest BCUT2D eigenvalue weighted by molar-refractivity contribution is 14.1. The summed E-state index contributed by atoms with van der Waals surface area (Å²) in [6.07, 6.45) is 5.50. The van der Waals surface area contributed by atoms with Crippen LogP contribution in [-0.2, 0) is 19.1 Å². The number of unbranched alkanes of at least 4 members (excludes halogenated alkanes) is 2. The Balaban J connectivity index is 3.40. The number of carbonyl (C=O) groups excluding carboxylic acids is 2. The van der Waals surface area contributed by atoms with Crippen molar-refractivity contribution in [3.63, 3.8) is 0 Å². The number of rotatable bonds is 12. The topological polar surface area (TPSA) is 52.6 Å². The number of esters is 2. The molecule has 0 radical (unpaired) electrons. The van der Waals surface area contributed by atoms with Crippen molar-refractivity contribution in [3.05, 3.63) is 0 Å². The molecule has 0 saturated carbocycles. The molecule has 0 aliphatic carbocycles. The van der Waals surface area contributed by atoms with Gasteiger partial charge in [0.25, 0.3) is 0 Å². The van der Waals surface area contributed by atoms with Crippen LogP contribution in [0.1, 0.15) is 58.8 Å². The van der Waals surface area contributed by atoms with Crippen LogP contribution in [0.5, 0.6) is 0 Å². The summed E-state index contributed by atoms with van der Waals surface area (Å²) in [4.78, 5) is 22.8. The molecule has 0 aliphatic rings. The van der Waals surface area contributed by atoms with E-state index in [9.17, 15) is 9.59 Å². The predicted octanol–water partition coefficient (Wildman–Crippen LogP) is 4.45. The zero-order chi connectivity index (χ0) is 16.1. The minimum Gasteiger partial charge on any atom is -0.466 e. The zero-order valence-electron chi connectivity index (χ0n) is 12.9. The number of hydrogen-bond acceptors (Lipinski definition) is 4. The van der Waals surface area contributed by atoms with E-state index in [1.54, 1.807) is 0 Å². The lowest BCUT2D eigenvalue weighted by Gasteiger charge is -2.08. The lowest BCUT2D eigenvalue weighted by Crippen LogP contribution is -2.12. The third-order valence-corrected chi connectivity index (χ3v) is 5.62. The van der Waals surface area contributed by atoms with Crippen molar-refractivity contribution >= 4 is 57.1 Å². The second-order valence-corrected chi connectivity index (χ2v) is 8.44. The maximum atomic E-state index is 11.4. The molecule has 0 bridgehead atoms.